The van der Waals surface area contributed by atoms with Crippen LogP contribution < -0.4 is 5.56 Å². The van der Waals surface area contributed by atoms with E-state index in [-0.39, 0.29) is 16.9 Å². The van der Waals surface area contributed by atoms with E-state index in [1.165, 1.54) is 4.68 Å². The molecule has 0 bridgehead atoms. The van der Waals surface area contributed by atoms with Gasteiger partial charge in [0, 0.05) is 4.47 Å². The van der Waals surface area contributed by atoms with Crippen molar-refractivity contribution in [1.29, 1.82) is 0 Å². The van der Waals surface area contributed by atoms with E-state index in [1.807, 2.05) is 30.3 Å². The predicted molar refractivity (Wildman–Crippen MR) is 89.4 cm³/mol. The van der Waals surface area contributed by atoms with Gasteiger partial charge in [0.05, 0.1) is 11.3 Å². The second-order valence-electron chi connectivity index (χ2n) is 4.87. The summed E-state index contributed by atoms with van der Waals surface area (Å²) in [6.07, 6.45) is 0. The van der Waals surface area contributed by atoms with Crippen molar-refractivity contribution in [2.24, 2.45) is 0 Å². The maximum absolute atomic E-state index is 12.8. The van der Waals surface area contributed by atoms with Crippen LogP contribution in [0.4, 0.5) is 0 Å². The molecule has 1 N–H and O–H groups in total. The first-order valence-electron chi connectivity index (χ1n) is 6.72. The van der Waals surface area contributed by atoms with E-state index >= 15 is 0 Å². The molecular weight excluding hydrogens is 344 g/mol. The Hall–Kier alpha value is -2.40. The number of para-hydroxylation sites is 1. The lowest BCUT2D eigenvalue weighted by molar-refractivity contribution is 0.463. The molecule has 5 heteroatoms. The van der Waals surface area contributed by atoms with Crippen LogP contribution in [0.5, 0.6) is 5.75 Å². The lowest BCUT2D eigenvalue weighted by Gasteiger charge is -2.11. The molecule has 0 radical (unpaired) electrons. The van der Waals surface area contributed by atoms with Crippen LogP contribution in [0.15, 0.2) is 63.9 Å². The highest BCUT2D eigenvalue weighted by Gasteiger charge is 2.17. The molecule has 0 aliphatic carbocycles. The molecule has 1 aromatic heterocycles. The van der Waals surface area contributed by atoms with Crippen LogP contribution in [0.1, 0.15) is 5.69 Å². The molecule has 0 spiro atoms. The Morgan fingerprint density at radius 2 is 1.68 bits per heavy atom. The Labute approximate surface area is 135 Å². The summed E-state index contributed by atoms with van der Waals surface area (Å²) in [7, 11) is 0. The first kappa shape index (κ1) is 14.5. The summed E-state index contributed by atoms with van der Waals surface area (Å²) in [5, 5.41) is 14.5. The first-order chi connectivity index (χ1) is 10.6. The molecule has 0 unspecified atom stereocenters. The minimum absolute atomic E-state index is 0.0838. The number of nitrogens with zero attached hydrogens (tertiary/aromatic N) is 2. The van der Waals surface area contributed by atoms with Gasteiger partial charge in [0.1, 0.15) is 5.69 Å². The maximum atomic E-state index is 12.8. The van der Waals surface area contributed by atoms with Gasteiger partial charge < -0.3 is 5.11 Å². The SMILES string of the molecule is Cc1nn(-c2ccccc2)c(=O)c(-c2ccc(Br)cc2)c1O. The molecule has 3 rings (SSSR count). The van der Waals surface area contributed by atoms with Gasteiger partial charge in [-0.2, -0.15) is 9.78 Å². The third-order valence-electron chi connectivity index (χ3n) is 3.37. The third kappa shape index (κ3) is 2.55. The second kappa shape index (κ2) is 5.77. The van der Waals surface area contributed by atoms with Crippen LogP contribution >= 0.6 is 15.9 Å². The number of halogens is 1. The Bertz CT molecular complexity index is 872. The van der Waals surface area contributed by atoms with Gasteiger partial charge in [0.25, 0.3) is 5.56 Å². The molecule has 3 aromatic rings. The summed E-state index contributed by atoms with van der Waals surface area (Å²) in [4.78, 5) is 12.8. The predicted octanol–water partition coefficient (Wildman–Crippen LogP) is 3.68. The molecule has 0 amide bonds. The molecule has 0 aliphatic heterocycles. The quantitative estimate of drug-likeness (QED) is 0.761. The zero-order chi connectivity index (χ0) is 15.7. The summed E-state index contributed by atoms with van der Waals surface area (Å²) in [6.45, 7) is 1.68. The van der Waals surface area contributed by atoms with Gasteiger partial charge >= 0.3 is 0 Å². The minimum atomic E-state index is -0.350. The molecule has 2 aromatic carbocycles. The van der Waals surface area contributed by atoms with Crippen molar-refractivity contribution in [3.8, 4) is 22.6 Å². The van der Waals surface area contributed by atoms with Crippen molar-refractivity contribution in [3.05, 3.63) is 75.1 Å². The Kier molecular flexibility index (Phi) is 3.81. The summed E-state index contributed by atoms with van der Waals surface area (Å²) < 4.78 is 2.22. The van der Waals surface area contributed by atoms with E-state index < -0.39 is 0 Å². The standard InChI is InChI=1S/C17H13BrN2O2/c1-11-16(21)15(12-7-9-13(18)10-8-12)17(22)20(19-11)14-5-3-2-4-6-14/h2-10,21H,1H3. The van der Waals surface area contributed by atoms with Crippen molar-refractivity contribution < 1.29 is 5.11 Å². The monoisotopic (exact) mass is 356 g/mol. The van der Waals surface area contributed by atoms with Crippen molar-refractivity contribution in [3.63, 3.8) is 0 Å². The average Bonchev–Trinajstić information content (AvgIpc) is 2.54. The van der Waals surface area contributed by atoms with Gasteiger partial charge in [-0.25, -0.2) is 0 Å². The highest BCUT2D eigenvalue weighted by molar-refractivity contribution is 9.10. The van der Waals surface area contributed by atoms with Gasteiger partial charge in [-0.1, -0.05) is 46.3 Å². The van der Waals surface area contributed by atoms with E-state index in [0.717, 1.165) is 4.47 Å². The maximum Gasteiger partial charge on any atom is 0.283 e. The Balaban J connectivity index is 2.29. The molecule has 0 fully saturated rings. The lowest BCUT2D eigenvalue weighted by atomic mass is 10.1. The lowest BCUT2D eigenvalue weighted by Crippen LogP contribution is -2.23. The fraction of sp³-hybridized carbons (Fsp3) is 0.0588. The first-order valence-corrected chi connectivity index (χ1v) is 7.51. The number of benzene rings is 2. The van der Waals surface area contributed by atoms with E-state index in [2.05, 4.69) is 21.0 Å². The van der Waals surface area contributed by atoms with Gasteiger partial charge in [0.2, 0.25) is 0 Å². The largest absolute Gasteiger partial charge is 0.505 e. The molecule has 0 saturated carbocycles. The highest BCUT2D eigenvalue weighted by Crippen LogP contribution is 2.28. The zero-order valence-corrected chi connectivity index (χ0v) is 13.4. The van der Waals surface area contributed by atoms with Crippen LogP contribution in [-0.2, 0) is 0 Å². The molecule has 110 valence electrons. The van der Waals surface area contributed by atoms with Gasteiger partial charge in [-0.15, -0.1) is 0 Å². The topological polar surface area (TPSA) is 55.1 Å². The van der Waals surface area contributed by atoms with Crippen LogP contribution in [-0.4, -0.2) is 14.9 Å². The number of aryl methyl sites for hydroxylation is 1. The van der Waals surface area contributed by atoms with E-state index in [0.29, 0.717) is 16.9 Å². The Morgan fingerprint density at radius 1 is 1.05 bits per heavy atom. The van der Waals surface area contributed by atoms with Crippen molar-refractivity contribution in [2.45, 2.75) is 6.92 Å². The van der Waals surface area contributed by atoms with E-state index in [1.54, 1.807) is 31.2 Å². The summed E-state index contributed by atoms with van der Waals surface area (Å²) >= 11 is 3.36. The van der Waals surface area contributed by atoms with Crippen LogP contribution in [0.3, 0.4) is 0 Å². The molecular formula is C17H13BrN2O2. The number of aromatic hydroxyl groups is 1. The normalized spacial score (nSPS) is 10.6. The fourth-order valence-electron chi connectivity index (χ4n) is 2.25. The van der Waals surface area contributed by atoms with E-state index in [9.17, 15) is 9.90 Å². The van der Waals surface area contributed by atoms with E-state index in [4.69, 9.17) is 0 Å². The minimum Gasteiger partial charge on any atom is -0.505 e. The highest BCUT2D eigenvalue weighted by atomic mass is 79.9. The van der Waals surface area contributed by atoms with Crippen LogP contribution in [0, 0.1) is 6.92 Å². The number of aromatic nitrogens is 2. The second-order valence-corrected chi connectivity index (χ2v) is 5.78. The molecule has 0 atom stereocenters. The average molecular weight is 357 g/mol. The smallest absolute Gasteiger partial charge is 0.283 e. The molecule has 0 saturated heterocycles. The van der Waals surface area contributed by atoms with Crippen molar-refractivity contribution in [2.75, 3.05) is 0 Å². The third-order valence-corrected chi connectivity index (χ3v) is 3.90. The van der Waals surface area contributed by atoms with Gasteiger partial charge in [-0.3, -0.25) is 4.79 Å². The van der Waals surface area contributed by atoms with Gasteiger partial charge in [-0.05, 0) is 36.8 Å². The molecule has 22 heavy (non-hydrogen) atoms. The number of hydrogen-bond donors (Lipinski definition) is 1. The Morgan fingerprint density at radius 3 is 2.32 bits per heavy atom. The van der Waals surface area contributed by atoms with Crippen LogP contribution in [0.2, 0.25) is 0 Å². The molecule has 1 heterocycles. The summed E-state index contributed by atoms with van der Waals surface area (Å²) in [5.41, 5.74) is 1.62. The van der Waals surface area contributed by atoms with Crippen molar-refractivity contribution >= 4 is 15.9 Å². The van der Waals surface area contributed by atoms with Crippen molar-refractivity contribution in [1.82, 2.24) is 9.78 Å². The zero-order valence-electron chi connectivity index (χ0n) is 11.8. The molecule has 4 nitrogen and oxygen atoms in total. The molecule has 0 aliphatic rings. The summed E-state index contributed by atoms with van der Waals surface area (Å²) in [6, 6.07) is 16.4. The van der Waals surface area contributed by atoms with Gasteiger partial charge in [0.15, 0.2) is 5.75 Å². The fourth-order valence-corrected chi connectivity index (χ4v) is 2.52. The van der Waals surface area contributed by atoms with Crippen LogP contribution in [0.25, 0.3) is 16.8 Å². The number of rotatable bonds is 2. The number of hydrogen-bond acceptors (Lipinski definition) is 3. The summed E-state index contributed by atoms with van der Waals surface area (Å²) in [5.74, 6) is -0.0838.